The second kappa shape index (κ2) is 10.3. The zero-order valence-electron chi connectivity index (χ0n) is 19.0. The summed E-state index contributed by atoms with van der Waals surface area (Å²) in [7, 11) is 0. The molecule has 6 nitrogen and oxygen atoms in total. The van der Waals surface area contributed by atoms with Gasteiger partial charge in [0.2, 0.25) is 0 Å². The highest BCUT2D eigenvalue weighted by molar-refractivity contribution is 5.99. The maximum Gasteiger partial charge on any atom is 0.355 e. The lowest BCUT2D eigenvalue weighted by Gasteiger charge is -2.19. The largest absolute Gasteiger partial charge is 0.462 e. The van der Waals surface area contributed by atoms with Crippen LogP contribution in [-0.2, 0) is 28.9 Å². The summed E-state index contributed by atoms with van der Waals surface area (Å²) in [5, 5.41) is 3.33. The third-order valence-electron chi connectivity index (χ3n) is 4.58. The SMILES string of the molecule is CCCc1ccc(NCc2[nH]c(C(=O)OC(C)(C)C)c(CC)c2C(=O)OCC)cc1. The normalized spacial score (nSPS) is 11.3. The summed E-state index contributed by atoms with van der Waals surface area (Å²) in [6.45, 7) is 11.9. The lowest BCUT2D eigenvalue weighted by atomic mass is 10.1. The quantitative estimate of drug-likeness (QED) is 0.546. The summed E-state index contributed by atoms with van der Waals surface area (Å²) in [5.74, 6) is -0.907. The molecule has 1 aromatic heterocycles. The van der Waals surface area contributed by atoms with Crippen molar-refractivity contribution in [2.24, 2.45) is 0 Å². The van der Waals surface area contributed by atoms with Crippen LogP contribution in [-0.4, -0.2) is 29.1 Å². The highest BCUT2D eigenvalue weighted by atomic mass is 16.6. The van der Waals surface area contributed by atoms with E-state index in [2.05, 4.69) is 29.4 Å². The summed E-state index contributed by atoms with van der Waals surface area (Å²) in [5.41, 5.74) is 3.56. The van der Waals surface area contributed by atoms with Crippen LogP contribution >= 0.6 is 0 Å². The minimum Gasteiger partial charge on any atom is -0.462 e. The lowest BCUT2D eigenvalue weighted by molar-refractivity contribution is 0.00622. The minimum atomic E-state index is -0.629. The van der Waals surface area contributed by atoms with E-state index in [-0.39, 0.29) is 6.61 Å². The average molecular weight is 415 g/mol. The van der Waals surface area contributed by atoms with Gasteiger partial charge in [0.05, 0.1) is 18.7 Å². The Bertz CT molecular complexity index is 861. The van der Waals surface area contributed by atoms with Crippen molar-refractivity contribution in [1.29, 1.82) is 0 Å². The van der Waals surface area contributed by atoms with Gasteiger partial charge in [-0.2, -0.15) is 0 Å². The molecule has 0 unspecified atom stereocenters. The number of nitrogens with one attached hydrogen (secondary N) is 2. The van der Waals surface area contributed by atoms with Crippen LogP contribution in [0.3, 0.4) is 0 Å². The van der Waals surface area contributed by atoms with E-state index >= 15 is 0 Å². The molecule has 0 fully saturated rings. The number of carbonyl (C=O) groups excluding carboxylic acids is 2. The molecule has 164 valence electrons. The van der Waals surface area contributed by atoms with E-state index in [9.17, 15) is 9.59 Å². The molecule has 2 N–H and O–H groups in total. The van der Waals surface area contributed by atoms with Crippen LogP contribution in [0.25, 0.3) is 0 Å². The molecule has 1 heterocycles. The van der Waals surface area contributed by atoms with Crippen LogP contribution in [0, 0.1) is 0 Å². The van der Waals surface area contributed by atoms with Crippen LogP contribution < -0.4 is 5.32 Å². The van der Waals surface area contributed by atoms with Crippen molar-refractivity contribution < 1.29 is 19.1 Å². The van der Waals surface area contributed by atoms with Crippen LogP contribution in [0.4, 0.5) is 5.69 Å². The number of rotatable bonds is 9. The zero-order valence-corrected chi connectivity index (χ0v) is 19.0. The van der Waals surface area contributed by atoms with Gasteiger partial charge >= 0.3 is 11.9 Å². The summed E-state index contributed by atoms with van der Waals surface area (Å²) in [4.78, 5) is 28.5. The van der Waals surface area contributed by atoms with Gasteiger partial charge in [0.1, 0.15) is 11.3 Å². The van der Waals surface area contributed by atoms with Crippen molar-refractivity contribution in [2.45, 2.75) is 73.0 Å². The number of aromatic nitrogens is 1. The standard InChI is InChI=1S/C24H34N2O4/c1-7-10-16-11-13-17(14-12-16)25-15-19-20(22(27)29-9-3)18(8-2)21(26-19)23(28)30-24(4,5)6/h11-14,25-26H,7-10,15H2,1-6H3. The Balaban J connectivity index is 2.33. The molecule has 0 spiro atoms. The number of carbonyl (C=O) groups is 2. The number of hydrogen-bond acceptors (Lipinski definition) is 5. The number of ether oxygens (including phenoxy) is 2. The molecule has 0 amide bonds. The third kappa shape index (κ3) is 6.12. The Morgan fingerprint density at radius 3 is 2.23 bits per heavy atom. The highest BCUT2D eigenvalue weighted by Crippen LogP contribution is 2.25. The molecule has 1 aromatic carbocycles. The second-order valence-corrected chi connectivity index (χ2v) is 8.21. The first kappa shape index (κ1) is 23.5. The van der Waals surface area contributed by atoms with Gasteiger partial charge in [-0.05, 0) is 63.8 Å². The fourth-order valence-corrected chi connectivity index (χ4v) is 3.30. The van der Waals surface area contributed by atoms with Gasteiger partial charge < -0.3 is 19.8 Å². The van der Waals surface area contributed by atoms with E-state index in [0.717, 1.165) is 18.5 Å². The van der Waals surface area contributed by atoms with Gasteiger partial charge in [0, 0.05) is 11.4 Å². The van der Waals surface area contributed by atoms with Crippen molar-refractivity contribution in [2.75, 3.05) is 11.9 Å². The second-order valence-electron chi connectivity index (χ2n) is 8.21. The predicted octanol–water partition coefficient (Wildman–Crippen LogP) is 5.27. The molecule has 0 saturated heterocycles. The molecule has 6 heteroatoms. The molecule has 0 radical (unpaired) electrons. The van der Waals surface area contributed by atoms with Crippen LogP contribution in [0.15, 0.2) is 24.3 Å². The van der Waals surface area contributed by atoms with E-state index in [0.29, 0.717) is 35.5 Å². The topological polar surface area (TPSA) is 80.4 Å². The first-order valence-corrected chi connectivity index (χ1v) is 10.7. The number of esters is 2. The maximum atomic E-state index is 12.7. The molecular weight excluding hydrogens is 380 g/mol. The summed E-state index contributed by atoms with van der Waals surface area (Å²) >= 11 is 0. The van der Waals surface area contributed by atoms with Crippen molar-refractivity contribution in [1.82, 2.24) is 4.98 Å². The van der Waals surface area contributed by atoms with Crippen LogP contribution in [0.5, 0.6) is 0 Å². The Kier molecular flexibility index (Phi) is 8.09. The number of hydrogen-bond donors (Lipinski definition) is 2. The minimum absolute atomic E-state index is 0.265. The van der Waals surface area contributed by atoms with Crippen LogP contribution in [0.1, 0.15) is 85.6 Å². The number of aromatic amines is 1. The summed E-state index contributed by atoms with van der Waals surface area (Å²) in [6.07, 6.45) is 2.65. The Morgan fingerprint density at radius 2 is 1.70 bits per heavy atom. The van der Waals surface area contributed by atoms with E-state index in [4.69, 9.17) is 9.47 Å². The number of aryl methyl sites for hydroxylation is 1. The van der Waals surface area contributed by atoms with Crippen LogP contribution in [0.2, 0.25) is 0 Å². The van der Waals surface area contributed by atoms with Crippen molar-refractivity contribution in [3.05, 3.63) is 52.3 Å². The molecule has 0 aliphatic heterocycles. The average Bonchev–Trinajstić information content (AvgIpc) is 3.05. The molecule has 2 rings (SSSR count). The van der Waals surface area contributed by atoms with E-state index < -0.39 is 17.5 Å². The third-order valence-corrected chi connectivity index (χ3v) is 4.58. The molecule has 0 aliphatic rings. The van der Waals surface area contributed by atoms with E-state index in [1.165, 1.54) is 5.56 Å². The van der Waals surface area contributed by atoms with E-state index in [1.54, 1.807) is 6.92 Å². The molecule has 0 aliphatic carbocycles. The summed E-state index contributed by atoms with van der Waals surface area (Å²) in [6, 6.07) is 8.23. The molecule has 0 atom stereocenters. The highest BCUT2D eigenvalue weighted by Gasteiger charge is 2.29. The first-order chi connectivity index (χ1) is 14.2. The van der Waals surface area contributed by atoms with Gasteiger partial charge in [-0.1, -0.05) is 32.4 Å². The first-order valence-electron chi connectivity index (χ1n) is 10.7. The van der Waals surface area contributed by atoms with Gasteiger partial charge in [-0.3, -0.25) is 0 Å². The maximum absolute atomic E-state index is 12.7. The van der Waals surface area contributed by atoms with Crippen molar-refractivity contribution in [3.63, 3.8) is 0 Å². The molecule has 2 aromatic rings. The van der Waals surface area contributed by atoms with Crippen molar-refractivity contribution in [3.8, 4) is 0 Å². The monoisotopic (exact) mass is 414 g/mol. The summed E-state index contributed by atoms with van der Waals surface area (Å²) < 4.78 is 10.8. The Labute approximate surface area is 179 Å². The van der Waals surface area contributed by atoms with Gasteiger partial charge in [-0.25, -0.2) is 9.59 Å². The fraction of sp³-hybridized carbons (Fsp3) is 0.500. The molecule has 30 heavy (non-hydrogen) atoms. The van der Waals surface area contributed by atoms with E-state index in [1.807, 2.05) is 39.8 Å². The Morgan fingerprint density at radius 1 is 1.03 bits per heavy atom. The number of anilines is 1. The fourth-order valence-electron chi connectivity index (χ4n) is 3.30. The lowest BCUT2D eigenvalue weighted by Crippen LogP contribution is -2.24. The number of benzene rings is 1. The smallest absolute Gasteiger partial charge is 0.355 e. The van der Waals surface area contributed by atoms with Gasteiger partial charge in [-0.15, -0.1) is 0 Å². The zero-order chi connectivity index (χ0) is 22.3. The van der Waals surface area contributed by atoms with Gasteiger partial charge in [0.25, 0.3) is 0 Å². The van der Waals surface area contributed by atoms with Crippen molar-refractivity contribution >= 4 is 17.6 Å². The number of H-pyrrole nitrogens is 1. The van der Waals surface area contributed by atoms with Gasteiger partial charge in [0.15, 0.2) is 0 Å². The molecular formula is C24H34N2O4. The predicted molar refractivity (Wildman–Crippen MR) is 119 cm³/mol. The Hall–Kier alpha value is -2.76. The molecule has 0 saturated carbocycles. The molecule has 0 bridgehead atoms.